The Labute approximate surface area is 165 Å². The van der Waals surface area contributed by atoms with Crippen LogP contribution in [-0.4, -0.2) is 23.5 Å². The summed E-state index contributed by atoms with van der Waals surface area (Å²) >= 11 is 0. The van der Waals surface area contributed by atoms with Crippen LogP contribution < -0.4 is 11.1 Å². The van der Waals surface area contributed by atoms with Crippen LogP contribution in [-0.2, 0) is 17.6 Å². The Bertz CT molecular complexity index is 988. The van der Waals surface area contributed by atoms with Gasteiger partial charge in [0, 0.05) is 28.7 Å². The standard InChI is InChI=1S/C24H27N3O/c25-24(28)15-18-6-11-23-21(14-18)22(16-27-23)19-7-9-20(10-8-19)26-13-12-17-4-2-1-3-5-17/h1-7,11,14,16,20,26-27H,8-10,12-13,15H2,(H2,25,28). The Morgan fingerprint density at radius 3 is 2.75 bits per heavy atom. The lowest BCUT2D eigenvalue weighted by Crippen LogP contribution is -2.31. The van der Waals surface area contributed by atoms with E-state index >= 15 is 0 Å². The van der Waals surface area contributed by atoms with Gasteiger partial charge >= 0.3 is 0 Å². The molecule has 1 aliphatic carbocycles. The number of allylic oxidation sites excluding steroid dienone is 1. The van der Waals surface area contributed by atoms with E-state index in [1.807, 2.05) is 12.1 Å². The highest BCUT2D eigenvalue weighted by molar-refractivity contribution is 5.93. The number of fused-ring (bicyclic) bond motifs is 1. The average Bonchev–Trinajstić information content (AvgIpc) is 3.12. The van der Waals surface area contributed by atoms with E-state index in [1.165, 1.54) is 22.1 Å². The second kappa shape index (κ2) is 8.44. The smallest absolute Gasteiger partial charge is 0.221 e. The molecule has 1 aliphatic rings. The lowest BCUT2D eigenvalue weighted by atomic mass is 9.90. The number of carbonyl (C=O) groups excluding carboxylic acids is 1. The van der Waals surface area contributed by atoms with Crippen LogP contribution in [0, 0.1) is 0 Å². The van der Waals surface area contributed by atoms with Gasteiger partial charge in [-0.15, -0.1) is 0 Å². The highest BCUT2D eigenvalue weighted by Crippen LogP contribution is 2.32. The zero-order valence-electron chi connectivity index (χ0n) is 16.1. The van der Waals surface area contributed by atoms with Crippen molar-refractivity contribution in [1.29, 1.82) is 0 Å². The van der Waals surface area contributed by atoms with Crippen LogP contribution >= 0.6 is 0 Å². The van der Waals surface area contributed by atoms with E-state index in [0.717, 1.165) is 43.3 Å². The summed E-state index contributed by atoms with van der Waals surface area (Å²) in [6, 6.07) is 17.3. The number of nitrogens with two attached hydrogens (primary N) is 1. The maximum atomic E-state index is 11.2. The van der Waals surface area contributed by atoms with Crippen LogP contribution in [0.5, 0.6) is 0 Å². The number of aromatic nitrogens is 1. The molecule has 0 aliphatic heterocycles. The third-order valence-corrected chi connectivity index (χ3v) is 5.57. The minimum atomic E-state index is -0.294. The molecule has 3 aromatic rings. The Morgan fingerprint density at radius 2 is 2.00 bits per heavy atom. The van der Waals surface area contributed by atoms with Gasteiger partial charge in [0.15, 0.2) is 0 Å². The molecule has 0 saturated carbocycles. The van der Waals surface area contributed by atoms with E-state index in [1.54, 1.807) is 0 Å². The number of nitrogens with one attached hydrogen (secondary N) is 2. The molecule has 2 aromatic carbocycles. The second-order valence-electron chi connectivity index (χ2n) is 7.62. The molecule has 0 fully saturated rings. The summed E-state index contributed by atoms with van der Waals surface area (Å²) in [4.78, 5) is 14.6. The fraction of sp³-hybridized carbons (Fsp3) is 0.292. The Morgan fingerprint density at radius 1 is 1.14 bits per heavy atom. The van der Waals surface area contributed by atoms with Crippen LogP contribution in [0.1, 0.15) is 36.0 Å². The normalized spacial score (nSPS) is 16.9. The first-order valence-corrected chi connectivity index (χ1v) is 10.0. The van der Waals surface area contributed by atoms with E-state index in [4.69, 9.17) is 5.73 Å². The van der Waals surface area contributed by atoms with E-state index < -0.39 is 0 Å². The first kappa shape index (κ1) is 18.5. The van der Waals surface area contributed by atoms with Gasteiger partial charge in [-0.1, -0.05) is 42.5 Å². The fourth-order valence-corrected chi connectivity index (χ4v) is 4.07. The number of amides is 1. The molecular weight excluding hydrogens is 346 g/mol. The number of hydrogen-bond acceptors (Lipinski definition) is 2. The number of hydrogen-bond donors (Lipinski definition) is 3. The molecule has 0 spiro atoms. The van der Waals surface area contributed by atoms with Gasteiger partial charge < -0.3 is 16.0 Å². The van der Waals surface area contributed by atoms with Crippen molar-refractivity contribution in [3.05, 3.63) is 77.5 Å². The van der Waals surface area contributed by atoms with Crippen LogP contribution in [0.2, 0.25) is 0 Å². The maximum Gasteiger partial charge on any atom is 0.221 e. The SMILES string of the molecule is NC(=O)Cc1ccc2[nH]cc(C3=CCC(NCCc4ccccc4)CC3)c2c1. The summed E-state index contributed by atoms with van der Waals surface area (Å²) in [5, 5.41) is 4.88. The van der Waals surface area contributed by atoms with Crippen molar-refractivity contribution in [2.75, 3.05) is 6.54 Å². The topological polar surface area (TPSA) is 70.9 Å². The van der Waals surface area contributed by atoms with Crippen LogP contribution in [0.3, 0.4) is 0 Å². The number of H-pyrrole nitrogens is 1. The van der Waals surface area contributed by atoms with Crippen LogP contribution in [0.15, 0.2) is 60.8 Å². The van der Waals surface area contributed by atoms with Gasteiger partial charge in [0.2, 0.25) is 5.91 Å². The third-order valence-electron chi connectivity index (χ3n) is 5.57. The summed E-state index contributed by atoms with van der Waals surface area (Å²) in [7, 11) is 0. The first-order valence-electron chi connectivity index (χ1n) is 10.0. The van der Waals surface area contributed by atoms with Crippen molar-refractivity contribution in [3.63, 3.8) is 0 Å². The minimum Gasteiger partial charge on any atom is -0.369 e. The molecular formula is C24H27N3O. The maximum absolute atomic E-state index is 11.2. The molecule has 0 radical (unpaired) electrons. The zero-order valence-corrected chi connectivity index (χ0v) is 16.1. The highest BCUT2D eigenvalue weighted by Gasteiger charge is 2.17. The van der Waals surface area contributed by atoms with Gasteiger partial charge in [-0.3, -0.25) is 4.79 Å². The van der Waals surface area contributed by atoms with Crippen LogP contribution in [0.4, 0.5) is 0 Å². The first-order chi connectivity index (χ1) is 13.7. The summed E-state index contributed by atoms with van der Waals surface area (Å²) in [5.74, 6) is -0.294. The molecule has 1 aromatic heterocycles. The van der Waals surface area contributed by atoms with Crippen molar-refractivity contribution in [3.8, 4) is 0 Å². The molecule has 4 N–H and O–H groups in total. The molecule has 4 heteroatoms. The van der Waals surface area contributed by atoms with Gasteiger partial charge in [-0.05, 0) is 61.1 Å². The van der Waals surface area contributed by atoms with Gasteiger partial charge in [0.05, 0.1) is 6.42 Å². The molecule has 4 nitrogen and oxygen atoms in total. The minimum absolute atomic E-state index is 0.285. The van der Waals surface area contributed by atoms with Crippen molar-refractivity contribution >= 4 is 22.4 Å². The van der Waals surface area contributed by atoms with Crippen LogP contribution in [0.25, 0.3) is 16.5 Å². The summed E-state index contributed by atoms with van der Waals surface area (Å²) in [6.07, 6.45) is 9.08. The Hall–Kier alpha value is -2.85. The zero-order chi connectivity index (χ0) is 19.3. The summed E-state index contributed by atoms with van der Waals surface area (Å²) in [5.41, 5.74) is 11.5. The molecule has 4 rings (SSSR count). The number of primary amides is 1. The van der Waals surface area contributed by atoms with Gasteiger partial charge in [-0.2, -0.15) is 0 Å². The predicted octanol–water partition coefficient (Wildman–Crippen LogP) is 3.96. The number of rotatable bonds is 7. The lowest BCUT2D eigenvalue weighted by molar-refractivity contribution is -0.117. The fourth-order valence-electron chi connectivity index (χ4n) is 4.07. The number of benzene rings is 2. The van der Waals surface area contributed by atoms with Gasteiger partial charge in [-0.25, -0.2) is 0 Å². The van der Waals surface area contributed by atoms with Crippen molar-refractivity contribution < 1.29 is 4.79 Å². The number of aromatic amines is 1. The molecule has 144 valence electrons. The molecule has 0 saturated heterocycles. The Balaban J connectivity index is 1.40. The van der Waals surface area contributed by atoms with E-state index in [-0.39, 0.29) is 12.3 Å². The molecule has 1 atom stereocenters. The van der Waals surface area contributed by atoms with Gasteiger partial charge in [0.1, 0.15) is 0 Å². The third kappa shape index (κ3) is 4.34. The largest absolute Gasteiger partial charge is 0.369 e. The summed E-state index contributed by atoms with van der Waals surface area (Å²) < 4.78 is 0. The van der Waals surface area contributed by atoms with E-state index in [9.17, 15) is 4.79 Å². The monoisotopic (exact) mass is 373 g/mol. The Kier molecular flexibility index (Phi) is 5.58. The quantitative estimate of drug-likeness (QED) is 0.586. The molecule has 1 heterocycles. The summed E-state index contributed by atoms with van der Waals surface area (Å²) in [6.45, 7) is 1.02. The van der Waals surface area contributed by atoms with Crippen molar-refractivity contribution in [1.82, 2.24) is 10.3 Å². The molecule has 0 bridgehead atoms. The molecule has 1 unspecified atom stereocenters. The average molecular weight is 374 g/mol. The highest BCUT2D eigenvalue weighted by atomic mass is 16.1. The van der Waals surface area contributed by atoms with Crippen molar-refractivity contribution in [2.45, 2.75) is 38.1 Å². The number of carbonyl (C=O) groups is 1. The van der Waals surface area contributed by atoms with Crippen molar-refractivity contribution in [2.24, 2.45) is 5.73 Å². The van der Waals surface area contributed by atoms with Gasteiger partial charge in [0.25, 0.3) is 0 Å². The lowest BCUT2D eigenvalue weighted by Gasteiger charge is -2.23. The molecule has 28 heavy (non-hydrogen) atoms. The molecule has 1 amide bonds. The van der Waals surface area contributed by atoms with E-state index in [0.29, 0.717) is 6.04 Å². The van der Waals surface area contributed by atoms with E-state index in [2.05, 4.69) is 59.0 Å². The predicted molar refractivity (Wildman–Crippen MR) is 115 cm³/mol. The second-order valence-corrected chi connectivity index (χ2v) is 7.62.